The molecule has 0 N–H and O–H groups in total. The van der Waals surface area contributed by atoms with Crippen molar-refractivity contribution in [1.29, 1.82) is 0 Å². The first-order valence-corrected chi connectivity index (χ1v) is 11.7. The maximum absolute atomic E-state index is 12.7. The van der Waals surface area contributed by atoms with Crippen molar-refractivity contribution >= 4 is 23.6 Å². The van der Waals surface area contributed by atoms with Gasteiger partial charge in [0.05, 0.1) is 17.9 Å². The molecule has 0 bridgehead atoms. The Morgan fingerprint density at radius 2 is 1.87 bits per heavy atom. The zero-order chi connectivity index (χ0) is 21.8. The molecule has 168 valence electrons. The summed E-state index contributed by atoms with van der Waals surface area (Å²) in [7, 11) is 0. The molecule has 2 atom stereocenters. The van der Waals surface area contributed by atoms with Crippen molar-refractivity contribution < 1.29 is 9.53 Å². The second-order valence-electron chi connectivity index (χ2n) is 9.44. The van der Waals surface area contributed by atoms with Crippen LogP contribution in [0.1, 0.15) is 51.8 Å². The number of ether oxygens (including phenoxy) is 1. The van der Waals surface area contributed by atoms with Crippen molar-refractivity contribution in [3.8, 4) is 0 Å². The molecule has 2 aliphatic heterocycles. The van der Waals surface area contributed by atoms with Crippen LogP contribution in [0.5, 0.6) is 0 Å². The van der Waals surface area contributed by atoms with Crippen LogP contribution in [-0.2, 0) is 16.1 Å². The number of hydrogen-bond acceptors (Lipinski definition) is 4. The Hall–Kier alpha value is -1.37. The Kier molecular flexibility index (Phi) is 7.99. The third kappa shape index (κ3) is 6.08. The van der Waals surface area contributed by atoms with Crippen molar-refractivity contribution in [2.75, 3.05) is 32.7 Å². The van der Waals surface area contributed by atoms with Crippen molar-refractivity contribution in [1.82, 2.24) is 19.6 Å². The van der Waals surface area contributed by atoms with E-state index >= 15 is 0 Å². The third-order valence-corrected chi connectivity index (χ3v) is 6.38. The Bertz CT molecular complexity index is 743. The molecule has 30 heavy (non-hydrogen) atoms. The monoisotopic (exact) mass is 436 g/mol. The Morgan fingerprint density at radius 1 is 1.23 bits per heavy atom. The van der Waals surface area contributed by atoms with Gasteiger partial charge in [0.15, 0.2) is 0 Å². The molecule has 0 spiro atoms. The van der Waals surface area contributed by atoms with Gasteiger partial charge < -0.3 is 9.64 Å². The lowest BCUT2D eigenvalue weighted by Crippen LogP contribution is -2.48. The molecular weight excluding hydrogens is 400 g/mol. The summed E-state index contributed by atoms with van der Waals surface area (Å²) in [4.78, 5) is 17.2. The average Bonchev–Trinajstić information content (AvgIpc) is 2.92. The van der Waals surface area contributed by atoms with Crippen molar-refractivity contribution in [2.24, 2.45) is 11.8 Å². The van der Waals surface area contributed by atoms with E-state index < -0.39 is 0 Å². The fourth-order valence-corrected chi connectivity index (χ4v) is 4.92. The minimum atomic E-state index is 0.0640. The molecule has 0 aromatic carbocycles. The van der Waals surface area contributed by atoms with Crippen LogP contribution in [0.4, 0.5) is 0 Å². The molecule has 2 aliphatic rings. The van der Waals surface area contributed by atoms with Gasteiger partial charge in [0.25, 0.3) is 0 Å². The molecule has 1 aromatic heterocycles. The molecule has 0 saturated carbocycles. The number of likely N-dealkylation sites (tertiary alicyclic amines) is 1. The maximum Gasteiger partial charge on any atom is 0.246 e. The number of aromatic nitrogens is 2. The van der Waals surface area contributed by atoms with E-state index in [1.807, 2.05) is 22.6 Å². The van der Waals surface area contributed by atoms with Gasteiger partial charge in [-0.15, -0.1) is 0 Å². The minimum Gasteiger partial charge on any atom is -0.373 e. The van der Waals surface area contributed by atoms with Crippen LogP contribution in [0, 0.1) is 18.8 Å². The second-order valence-corrected chi connectivity index (χ2v) is 9.80. The van der Waals surface area contributed by atoms with Crippen molar-refractivity contribution in [3.63, 3.8) is 0 Å². The highest BCUT2D eigenvalue weighted by Gasteiger charge is 2.27. The lowest BCUT2D eigenvalue weighted by Gasteiger charge is -2.39. The van der Waals surface area contributed by atoms with Crippen LogP contribution in [0.3, 0.4) is 0 Å². The van der Waals surface area contributed by atoms with Crippen LogP contribution in [-0.4, -0.2) is 70.4 Å². The van der Waals surface area contributed by atoms with E-state index in [1.54, 1.807) is 6.08 Å². The number of aryl methyl sites for hydroxylation is 1. The van der Waals surface area contributed by atoms with Gasteiger partial charge in [-0.25, -0.2) is 0 Å². The van der Waals surface area contributed by atoms with Crippen LogP contribution >= 0.6 is 11.6 Å². The molecule has 2 unspecified atom stereocenters. The van der Waals surface area contributed by atoms with Gasteiger partial charge in [0.1, 0.15) is 5.15 Å². The summed E-state index contributed by atoms with van der Waals surface area (Å²) in [5.74, 6) is 1.18. The Balaban J connectivity index is 1.50. The maximum atomic E-state index is 12.7. The van der Waals surface area contributed by atoms with E-state index in [1.165, 1.54) is 0 Å². The summed E-state index contributed by atoms with van der Waals surface area (Å²) in [6.07, 6.45) is 6.21. The number of hydrogen-bond donors (Lipinski definition) is 0. The van der Waals surface area contributed by atoms with Gasteiger partial charge >= 0.3 is 0 Å². The van der Waals surface area contributed by atoms with E-state index in [0.29, 0.717) is 29.2 Å². The van der Waals surface area contributed by atoms with E-state index in [0.717, 1.165) is 63.4 Å². The predicted octanol–water partition coefficient (Wildman–Crippen LogP) is 3.86. The smallest absolute Gasteiger partial charge is 0.246 e. The largest absolute Gasteiger partial charge is 0.373 e. The molecule has 3 heterocycles. The van der Waals surface area contributed by atoms with E-state index in [-0.39, 0.29) is 5.91 Å². The van der Waals surface area contributed by atoms with Gasteiger partial charge in [-0.05, 0) is 51.5 Å². The van der Waals surface area contributed by atoms with Crippen LogP contribution in [0.2, 0.25) is 5.15 Å². The molecule has 6 nitrogen and oxygen atoms in total. The van der Waals surface area contributed by atoms with Gasteiger partial charge in [-0.1, -0.05) is 25.4 Å². The standard InChI is InChI=1S/C23H37ClN4O2/c1-16(2)12-28-23(24)21(19(5)25-28)6-7-22(29)27-10-8-20(9-11-27)15-26-13-17(3)30-18(4)14-26/h6-7,16-18,20H,8-15H2,1-5H3/b7-6+. The molecule has 0 radical (unpaired) electrons. The summed E-state index contributed by atoms with van der Waals surface area (Å²) < 4.78 is 7.66. The zero-order valence-corrected chi connectivity index (χ0v) is 19.9. The molecule has 2 fully saturated rings. The van der Waals surface area contributed by atoms with Crippen LogP contribution in [0.15, 0.2) is 6.08 Å². The first-order chi connectivity index (χ1) is 14.2. The van der Waals surface area contributed by atoms with Gasteiger partial charge in [-0.3, -0.25) is 14.4 Å². The predicted molar refractivity (Wildman–Crippen MR) is 122 cm³/mol. The van der Waals surface area contributed by atoms with Crippen molar-refractivity contribution in [3.05, 3.63) is 22.5 Å². The van der Waals surface area contributed by atoms with E-state index in [2.05, 4.69) is 37.7 Å². The van der Waals surface area contributed by atoms with E-state index in [9.17, 15) is 4.79 Å². The summed E-state index contributed by atoms with van der Waals surface area (Å²) >= 11 is 6.49. The number of amides is 1. The topological polar surface area (TPSA) is 50.6 Å². The second kappa shape index (κ2) is 10.3. The molecular formula is C23H37ClN4O2. The highest BCUT2D eigenvalue weighted by Crippen LogP contribution is 2.24. The van der Waals surface area contributed by atoms with Crippen molar-refractivity contribution in [2.45, 2.75) is 66.2 Å². The minimum absolute atomic E-state index is 0.0640. The number of carbonyl (C=O) groups is 1. The Morgan fingerprint density at radius 3 is 2.47 bits per heavy atom. The summed E-state index contributed by atoms with van der Waals surface area (Å²) in [5, 5.41) is 5.12. The summed E-state index contributed by atoms with van der Waals surface area (Å²) in [6, 6.07) is 0. The Labute approximate surface area is 186 Å². The normalized spacial score (nSPS) is 24.3. The lowest BCUT2D eigenvalue weighted by molar-refractivity contribution is -0.127. The fourth-order valence-electron chi connectivity index (χ4n) is 4.62. The van der Waals surface area contributed by atoms with E-state index in [4.69, 9.17) is 16.3 Å². The lowest BCUT2D eigenvalue weighted by atomic mass is 9.95. The third-order valence-electron chi connectivity index (χ3n) is 5.98. The van der Waals surface area contributed by atoms with Gasteiger partial charge in [0.2, 0.25) is 5.91 Å². The number of morpholine rings is 1. The highest BCUT2D eigenvalue weighted by atomic mass is 35.5. The first kappa shape index (κ1) is 23.3. The molecule has 1 amide bonds. The van der Waals surface area contributed by atoms with Gasteiger partial charge in [0, 0.05) is 50.9 Å². The summed E-state index contributed by atoms with van der Waals surface area (Å²) in [5.41, 5.74) is 1.70. The number of rotatable bonds is 6. The van der Waals surface area contributed by atoms with Crippen LogP contribution < -0.4 is 0 Å². The average molecular weight is 437 g/mol. The molecule has 7 heteroatoms. The summed E-state index contributed by atoms with van der Waals surface area (Å²) in [6.45, 7) is 16.1. The number of nitrogens with zero attached hydrogens (tertiary/aromatic N) is 4. The van der Waals surface area contributed by atoms with Gasteiger partial charge in [-0.2, -0.15) is 5.10 Å². The molecule has 1 aromatic rings. The zero-order valence-electron chi connectivity index (χ0n) is 19.1. The molecule has 2 saturated heterocycles. The quantitative estimate of drug-likeness (QED) is 0.635. The molecule has 0 aliphatic carbocycles. The van der Waals surface area contributed by atoms with Crippen LogP contribution in [0.25, 0.3) is 6.08 Å². The fraction of sp³-hybridized carbons (Fsp3) is 0.739. The SMILES string of the molecule is Cc1nn(CC(C)C)c(Cl)c1/C=C/C(=O)N1CCC(CN2CC(C)OC(C)C2)CC1. The number of piperidine rings is 1. The number of halogens is 1. The molecule has 3 rings (SSSR count). The number of carbonyl (C=O) groups excluding carboxylic acids is 1. The highest BCUT2D eigenvalue weighted by molar-refractivity contribution is 6.31. The first-order valence-electron chi connectivity index (χ1n) is 11.3.